The molecule has 2 aliphatic rings. The number of amides is 2. The zero-order valence-electron chi connectivity index (χ0n) is 26.0. The van der Waals surface area contributed by atoms with Gasteiger partial charge in [-0.25, -0.2) is 13.8 Å². The molecule has 0 atom stereocenters. The summed E-state index contributed by atoms with van der Waals surface area (Å²) in [6, 6.07) is 17.7. The number of nitrogens with zero attached hydrogens (tertiary/aromatic N) is 3. The molecule has 10 heteroatoms. The molecular weight excluding hydrogens is 592 g/mol. The lowest BCUT2D eigenvalue weighted by Gasteiger charge is -2.35. The highest BCUT2D eigenvalue weighted by Gasteiger charge is 2.34. The lowest BCUT2D eigenvalue weighted by molar-refractivity contribution is -0.00203. The van der Waals surface area contributed by atoms with Crippen LogP contribution in [0.2, 0.25) is 0 Å². The molecule has 0 saturated carbocycles. The van der Waals surface area contributed by atoms with E-state index in [1.807, 2.05) is 18.2 Å². The van der Waals surface area contributed by atoms with Crippen molar-refractivity contribution < 1.29 is 33.0 Å². The van der Waals surface area contributed by atoms with Crippen LogP contribution in [0, 0.1) is 11.6 Å². The summed E-state index contributed by atoms with van der Waals surface area (Å²) in [4.78, 5) is 35.0. The fourth-order valence-electron chi connectivity index (χ4n) is 6.13. The molecule has 0 radical (unpaired) electrons. The number of halogens is 2. The minimum atomic E-state index is -0.760. The summed E-state index contributed by atoms with van der Waals surface area (Å²) >= 11 is 0. The number of likely N-dealkylation sites (tertiary alicyclic amines) is 1. The Bertz CT molecular complexity index is 1780. The third-order valence-electron chi connectivity index (χ3n) is 8.82. The van der Waals surface area contributed by atoms with Crippen LogP contribution in [-0.2, 0) is 19.5 Å². The number of fused-ring (bicyclic) bond motifs is 1. The van der Waals surface area contributed by atoms with Crippen LogP contribution in [0.3, 0.4) is 0 Å². The second-order valence-electron chi connectivity index (χ2n) is 12.1. The van der Waals surface area contributed by atoms with Gasteiger partial charge in [-0.05, 0) is 79.8 Å². The number of hydrogen-bond donors (Lipinski definition) is 1. The van der Waals surface area contributed by atoms with Gasteiger partial charge in [-0.3, -0.25) is 9.59 Å². The quantitative estimate of drug-likeness (QED) is 0.267. The molecule has 46 heavy (non-hydrogen) atoms. The number of carbonyl (C=O) groups excluding carboxylic acids is 2. The number of aliphatic hydroxyl groups is 1. The number of hydrogen-bond acceptors (Lipinski definition) is 6. The number of rotatable bonds is 8. The Balaban J connectivity index is 1.31. The monoisotopic (exact) mass is 627 g/mol. The maximum absolute atomic E-state index is 14.9. The topological polar surface area (TPSA) is 92.2 Å². The number of benzene rings is 3. The van der Waals surface area contributed by atoms with E-state index in [1.54, 1.807) is 61.3 Å². The normalized spacial score (nSPS) is 15.6. The zero-order valence-corrected chi connectivity index (χ0v) is 26.0. The Morgan fingerprint density at radius 1 is 0.935 bits per heavy atom. The van der Waals surface area contributed by atoms with Crippen molar-refractivity contribution in [2.24, 2.45) is 0 Å². The number of carbonyl (C=O) groups is 2. The van der Waals surface area contributed by atoms with Crippen molar-refractivity contribution in [3.63, 3.8) is 0 Å². The van der Waals surface area contributed by atoms with Crippen LogP contribution >= 0.6 is 0 Å². The lowest BCUT2D eigenvalue weighted by Crippen LogP contribution is -2.45. The van der Waals surface area contributed by atoms with Gasteiger partial charge in [0, 0.05) is 30.3 Å². The van der Waals surface area contributed by atoms with Gasteiger partial charge < -0.3 is 24.4 Å². The molecule has 238 valence electrons. The molecule has 6 rings (SSSR count). The molecule has 4 aromatic rings. The predicted octanol–water partition coefficient (Wildman–Crippen LogP) is 5.78. The first-order valence-electron chi connectivity index (χ1n) is 15.1. The molecule has 1 fully saturated rings. The predicted molar refractivity (Wildman–Crippen MR) is 168 cm³/mol. The summed E-state index contributed by atoms with van der Waals surface area (Å²) in [6.07, 6.45) is 1.32. The number of piperidine rings is 1. The Kier molecular flexibility index (Phi) is 8.48. The molecule has 8 nitrogen and oxygen atoms in total. The lowest BCUT2D eigenvalue weighted by atomic mass is 9.93. The first kappa shape index (κ1) is 31.2. The van der Waals surface area contributed by atoms with Gasteiger partial charge in [0.2, 0.25) is 0 Å². The van der Waals surface area contributed by atoms with Crippen molar-refractivity contribution in [1.82, 2.24) is 14.8 Å². The second kappa shape index (κ2) is 12.5. The Hall–Kier alpha value is -4.83. The van der Waals surface area contributed by atoms with Crippen molar-refractivity contribution in [3.05, 3.63) is 112 Å². The van der Waals surface area contributed by atoms with E-state index in [9.17, 15) is 23.5 Å². The van der Waals surface area contributed by atoms with Gasteiger partial charge in [0.05, 0.1) is 55.4 Å². The smallest absolute Gasteiger partial charge is 0.256 e. The van der Waals surface area contributed by atoms with Crippen LogP contribution in [-0.4, -0.2) is 64.6 Å². The van der Waals surface area contributed by atoms with Crippen molar-refractivity contribution in [3.8, 4) is 22.8 Å². The third-order valence-corrected chi connectivity index (χ3v) is 8.82. The maximum Gasteiger partial charge on any atom is 0.256 e. The molecule has 2 amide bonds. The van der Waals surface area contributed by atoms with Crippen LogP contribution in [0.25, 0.3) is 11.3 Å². The summed E-state index contributed by atoms with van der Waals surface area (Å²) in [5.74, 6) is -0.661. The molecule has 3 aromatic carbocycles. The van der Waals surface area contributed by atoms with E-state index >= 15 is 0 Å². The number of methoxy groups -OCH3 is 2. The molecule has 0 aliphatic carbocycles. The highest BCUT2D eigenvalue weighted by atomic mass is 19.1. The zero-order chi connectivity index (χ0) is 32.6. The minimum absolute atomic E-state index is 0.105. The van der Waals surface area contributed by atoms with E-state index < -0.39 is 17.2 Å². The van der Waals surface area contributed by atoms with Gasteiger partial charge in [-0.15, -0.1) is 0 Å². The largest absolute Gasteiger partial charge is 0.497 e. The van der Waals surface area contributed by atoms with E-state index in [4.69, 9.17) is 9.47 Å². The maximum atomic E-state index is 14.9. The molecule has 1 saturated heterocycles. The fourth-order valence-corrected chi connectivity index (χ4v) is 6.13. The molecular formula is C36H35F2N3O5. The van der Waals surface area contributed by atoms with E-state index in [0.29, 0.717) is 59.8 Å². The van der Waals surface area contributed by atoms with Crippen LogP contribution < -0.4 is 9.47 Å². The summed E-state index contributed by atoms with van der Waals surface area (Å²) in [5.41, 5.74) is 2.60. The van der Waals surface area contributed by atoms with Crippen LogP contribution in [0.5, 0.6) is 11.5 Å². The number of aromatic nitrogens is 1. The van der Waals surface area contributed by atoms with E-state index in [2.05, 4.69) is 4.98 Å². The van der Waals surface area contributed by atoms with Gasteiger partial charge in [0.25, 0.3) is 11.8 Å². The Labute approximate surface area is 266 Å². The van der Waals surface area contributed by atoms with Gasteiger partial charge in [0.1, 0.15) is 23.1 Å². The molecule has 0 unspecified atom stereocenters. The molecule has 0 bridgehead atoms. The van der Waals surface area contributed by atoms with Gasteiger partial charge in [0.15, 0.2) is 0 Å². The second-order valence-corrected chi connectivity index (χ2v) is 12.1. The number of ether oxygens (including phenoxy) is 2. The third kappa shape index (κ3) is 6.17. The summed E-state index contributed by atoms with van der Waals surface area (Å²) < 4.78 is 40.7. The molecule has 0 spiro atoms. The van der Waals surface area contributed by atoms with Crippen LogP contribution in [0.1, 0.15) is 62.9 Å². The van der Waals surface area contributed by atoms with Crippen molar-refractivity contribution in [2.75, 3.05) is 27.3 Å². The first-order valence-corrected chi connectivity index (χ1v) is 15.1. The average Bonchev–Trinajstić information content (AvgIpc) is 3.35. The minimum Gasteiger partial charge on any atom is -0.497 e. The van der Waals surface area contributed by atoms with Gasteiger partial charge in [-0.2, -0.15) is 0 Å². The molecule has 2 aliphatic heterocycles. The highest BCUT2D eigenvalue weighted by Crippen LogP contribution is 2.35. The van der Waals surface area contributed by atoms with Crippen molar-refractivity contribution in [2.45, 2.75) is 44.9 Å². The van der Waals surface area contributed by atoms with E-state index in [1.165, 1.54) is 18.2 Å². The number of pyridine rings is 1. The fraction of sp³-hybridized carbons (Fsp3) is 0.306. The van der Waals surface area contributed by atoms with Crippen molar-refractivity contribution >= 4 is 11.8 Å². The first-order chi connectivity index (χ1) is 22.1. The van der Waals surface area contributed by atoms with Gasteiger partial charge >= 0.3 is 0 Å². The van der Waals surface area contributed by atoms with E-state index in [0.717, 1.165) is 11.1 Å². The molecule has 1 aromatic heterocycles. The van der Waals surface area contributed by atoms with Crippen LogP contribution in [0.15, 0.2) is 66.7 Å². The van der Waals surface area contributed by atoms with E-state index in [-0.39, 0.29) is 42.6 Å². The van der Waals surface area contributed by atoms with Crippen molar-refractivity contribution in [1.29, 1.82) is 0 Å². The standard InChI is InChI=1S/C36H35F2N3O5/c1-36(44)13-15-40(16-14-36)34(42)23-9-7-22(8-10-23)17-25-18-29(33-27(37)5-4-6-28(33)38)39-30-21-41(35(43)32(25)30)20-24-11-12-26(45-2)19-31(24)46-3/h4-12,18-19,44H,13-17,20-21H2,1-3H3. The Morgan fingerprint density at radius 2 is 1.63 bits per heavy atom. The summed E-state index contributed by atoms with van der Waals surface area (Å²) in [6.45, 7) is 3.12. The molecule has 1 N–H and O–H groups in total. The highest BCUT2D eigenvalue weighted by molar-refractivity contribution is 6.00. The molecule has 3 heterocycles. The van der Waals surface area contributed by atoms with Crippen LogP contribution in [0.4, 0.5) is 8.78 Å². The Morgan fingerprint density at radius 3 is 2.28 bits per heavy atom. The SMILES string of the molecule is COc1ccc(CN2Cc3nc(-c4c(F)cccc4F)cc(Cc4ccc(C(=O)N5CCC(C)(O)CC5)cc4)c3C2=O)c(OC)c1. The summed E-state index contributed by atoms with van der Waals surface area (Å²) in [5, 5.41) is 10.2. The summed E-state index contributed by atoms with van der Waals surface area (Å²) in [7, 11) is 3.11. The average molecular weight is 628 g/mol. The van der Waals surface area contributed by atoms with Gasteiger partial charge in [-0.1, -0.05) is 18.2 Å².